The fourth-order valence-corrected chi connectivity index (χ4v) is 2.13. The van der Waals surface area contributed by atoms with Crippen LogP contribution < -0.4 is 0 Å². The number of hydrogen-bond acceptors (Lipinski definition) is 3. The summed E-state index contributed by atoms with van der Waals surface area (Å²) in [5.41, 5.74) is -0.585. The molecule has 1 unspecified atom stereocenters. The first kappa shape index (κ1) is 12.0. The van der Waals surface area contributed by atoms with Crippen LogP contribution in [0.2, 0.25) is 0 Å². The molecular weight excluding hydrogens is 178 g/mol. The fraction of sp³-hybridized carbons (Fsp3) is 1.00. The lowest BCUT2D eigenvalue weighted by atomic mass is 9.96. The van der Waals surface area contributed by atoms with Gasteiger partial charge in [0.2, 0.25) is 0 Å². The maximum Gasteiger partial charge on any atom is 0.0892 e. The molecule has 1 heterocycles. The Bertz CT molecular complexity index is 173. The smallest absolute Gasteiger partial charge is 0.0892 e. The summed E-state index contributed by atoms with van der Waals surface area (Å²) in [4.78, 5) is 2.42. The van der Waals surface area contributed by atoms with Gasteiger partial charge in [-0.15, -0.1) is 0 Å². The zero-order valence-corrected chi connectivity index (χ0v) is 9.62. The minimum absolute atomic E-state index is 0.471. The largest absolute Gasteiger partial charge is 0.387 e. The second-order valence-electron chi connectivity index (χ2n) is 4.64. The van der Waals surface area contributed by atoms with Gasteiger partial charge < -0.3 is 14.7 Å². The van der Waals surface area contributed by atoms with Crippen LogP contribution in [-0.4, -0.2) is 48.5 Å². The van der Waals surface area contributed by atoms with E-state index >= 15 is 0 Å². The molecule has 1 saturated heterocycles. The molecule has 0 aromatic rings. The number of rotatable bonds is 3. The van der Waals surface area contributed by atoms with E-state index in [9.17, 15) is 5.11 Å². The van der Waals surface area contributed by atoms with Gasteiger partial charge in [-0.2, -0.15) is 0 Å². The van der Waals surface area contributed by atoms with E-state index in [1.165, 1.54) is 0 Å². The Kier molecular flexibility index (Phi) is 4.35. The maximum absolute atomic E-state index is 10.2. The van der Waals surface area contributed by atoms with Crippen LogP contribution in [0.1, 0.15) is 33.1 Å². The molecule has 0 saturated carbocycles. The molecular formula is C11H23NO2. The minimum Gasteiger partial charge on any atom is -0.387 e. The third-order valence-corrected chi connectivity index (χ3v) is 3.10. The van der Waals surface area contributed by atoms with E-state index in [0.29, 0.717) is 12.6 Å². The number of aliphatic hydroxyl groups is 1. The van der Waals surface area contributed by atoms with Crippen LogP contribution in [0, 0.1) is 0 Å². The van der Waals surface area contributed by atoms with Gasteiger partial charge in [-0.05, 0) is 39.7 Å². The van der Waals surface area contributed by atoms with E-state index in [1.54, 1.807) is 7.11 Å². The number of hydrogen-bond donors (Lipinski definition) is 1. The third kappa shape index (κ3) is 3.23. The van der Waals surface area contributed by atoms with Gasteiger partial charge in [-0.25, -0.2) is 0 Å². The quantitative estimate of drug-likeness (QED) is 0.746. The normalized spacial score (nSPS) is 30.6. The summed E-state index contributed by atoms with van der Waals surface area (Å²) < 4.78 is 5.07. The summed E-state index contributed by atoms with van der Waals surface area (Å²) >= 11 is 0. The lowest BCUT2D eigenvalue weighted by molar-refractivity contribution is -0.0411. The van der Waals surface area contributed by atoms with Crippen LogP contribution in [0.3, 0.4) is 0 Å². The molecule has 3 heteroatoms. The Labute approximate surface area is 87.1 Å². The molecule has 0 radical (unpaired) electrons. The van der Waals surface area contributed by atoms with Crippen molar-refractivity contribution in [3.05, 3.63) is 0 Å². The van der Waals surface area contributed by atoms with Crippen molar-refractivity contribution in [3.63, 3.8) is 0 Å². The second kappa shape index (κ2) is 5.10. The van der Waals surface area contributed by atoms with Crippen molar-refractivity contribution in [2.75, 3.05) is 26.8 Å². The van der Waals surface area contributed by atoms with Crippen LogP contribution >= 0.6 is 0 Å². The van der Waals surface area contributed by atoms with E-state index < -0.39 is 5.60 Å². The SMILES string of the molecule is COCC1(O)CCCN(C(C)C)CC1. The summed E-state index contributed by atoms with van der Waals surface area (Å²) in [5, 5.41) is 10.2. The molecule has 1 aliphatic rings. The van der Waals surface area contributed by atoms with Crippen molar-refractivity contribution in [1.29, 1.82) is 0 Å². The van der Waals surface area contributed by atoms with Crippen molar-refractivity contribution < 1.29 is 9.84 Å². The van der Waals surface area contributed by atoms with Gasteiger partial charge in [0.1, 0.15) is 0 Å². The predicted octanol–water partition coefficient (Wildman–Crippen LogP) is 1.26. The molecule has 1 atom stereocenters. The first-order chi connectivity index (χ1) is 6.57. The van der Waals surface area contributed by atoms with Crippen LogP contribution in [-0.2, 0) is 4.74 Å². The highest BCUT2D eigenvalue weighted by Gasteiger charge is 2.30. The number of nitrogens with zero attached hydrogens (tertiary/aromatic N) is 1. The summed E-state index contributed by atoms with van der Waals surface area (Å²) in [6, 6.07) is 0.583. The van der Waals surface area contributed by atoms with Crippen molar-refractivity contribution in [3.8, 4) is 0 Å². The van der Waals surface area contributed by atoms with Gasteiger partial charge in [0.15, 0.2) is 0 Å². The Morgan fingerprint density at radius 3 is 2.64 bits per heavy atom. The molecule has 3 nitrogen and oxygen atoms in total. The standard InChI is InChI=1S/C11H23NO2/c1-10(2)12-7-4-5-11(13,6-8-12)9-14-3/h10,13H,4-9H2,1-3H3. The molecule has 1 fully saturated rings. The Morgan fingerprint density at radius 2 is 2.07 bits per heavy atom. The first-order valence-corrected chi connectivity index (χ1v) is 5.53. The van der Waals surface area contributed by atoms with Crippen molar-refractivity contribution in [1.82, 2.24) is 4.90 Å². The topological polar surface area (TPSA) is 32.7 Å². The van der Waals surface area contributed by atoms with Crippen LogP contribution in [0.5, 0.6) is 0 Å². The Morgan fingerprint density at radius 1 is 1.36 bits per heavy atom. The number of methoxy groups -OCH3 is 1. The molecule has 0 aliphatic carbocycles. The molecule has 1 rings (SSSR count). The monoisotopic (exact) mass is 201 g/mol. The predicted molar refractivity (Wildman–Crippen MR) is 57.4 cm³/mol. The van der Waals surface area contributed by atoms with Crippen LogP contribution in [0.25, 0.3) is 0 Å². The average Bonchev–Trinajstić information content (AvgIpc) is 2.28. The zero-order chi connectivity index (χ0) is 10.6. The van der Waals surface area contributed by atoms with E-state index in [4.69, 9.17) is 4.74 Å². The summed E-state index contributed by atoms with van der Waals surface area (Å²) in [6.45, 7) is 6.97. The van der Waals surface area contributed by atoms with Crippen LogP contribution in [0.4, 0.5) is 0 Å². The Hall–Kier alpha value is -0.120. The molecule has 0 amide bonds. The molecule has 14 heavy (non-hydrogen) atoms. The first-order valence-electron chi connectivity index (χ1n) is 5.53. The highest BCUT2D eigenvalue weighted by Crippen LogP contribution is 2.23. The molecule has 1 aliphatic heterocycles. The fourth-order valence-electron chi connectivity index (χ4n) is 2.13. The molecule has 1 N–H and O–H groups in total. The summed E-state index contributed by atoms with van der Waals surface area (Å²) in [5.74, 6) is 0. The highest BCUT2D eigenvalue weighted by molar-refractivity contribution is 4.84. The lowest BCUT2D eigenvalue weighted by Gasteiger charge is -2.27. The lowest BCUT2D eigenvalue weighted by Crippen LogP contribution is -2.37. The van der Waals surface area contributed by atoms with E-state index in [2.05, 4.69) is 18.7 Å². The molecule has 0 spiro atoms. The van der Waals surface area contributed by atoms with Crippen molar-refractivity contribution >= 4 is 0 Å². The Balaban J connectivity index is 2.47. The van der Waals surface area contributed by atoms with Crippen molar-refractivity contribution in [2.45, 2.75) is 44.8 Å². The van der Waals surface area contributed by atoms with Crippen molar-refractivity contribution in [2.24, 2.45) is 0 Å². The maximum atomic E-state index is 10.2. The molecule has 0 aromatic carbocycles. The summed E-state index contributed by atoms with van der Waals surface area (Å²) in [6.07, 6.45) is 2.76. The molecule has 0 aromatic heterocycles. The summed E-state index contributed by atoms with van der Waals surface area (Å²) in [7, 11) is 1.66. The zero-order valence-electron chi connectivity index (χ0n) is 9.62. The van der Waals surface area contributed by atoms with E-state index in [1.807, 2.05) is 0 Å². The second-order valence-corrected chi connectivity index (χ2v) is 4.64. The van der Waals surface area contributed by atoms with Gasteiger partial charge in [0, 0.05) is 19.7 Å². The number of likely N-dealkylation sites (tertiary alicyclic amines) is 1. The average molecular weight is 201 g/mol. The van der Waals surface area contributed by atoms with Gasteiger partial charge in [0.05, 0.1) is 12.2 Å². The van der Waals surface area contributed by atoms with Gasteiger partial charge in [0.25, 0.3) is 0 Å². The van der Waals surface area contributed by atoms with E-state index in [0.717, 1.165) is 32.4 Å². The van der Waals surface area contributed by atoms with E-state index in [-0.39, 0.29) is 0 Å². The van der Waals surface area contributed by atoms with Gasteiger partial charge in [-0.3, -0.25) is 0 Å². The van der Waals surface area contributed by atoms with Gasteiger partial charge >= 0.3 is 0 Å². The number of ether oxygens (including phenoxy) is 1. The molecule has 84 valence electrons. The minimum atomic E-state index is -0.585. The third-order valence-electron chi connectivity index (χ3n) is 3.10. The molecule has 0 bridgehead atoms. The highest BCUT2D eigenvalue weighted by atomic mass is 16.5. The van der Waals surface area contributed by atoms with Gasteiger partial charge in [-0.1, -0.05) is 0 Å². The van der Waals surface area contributed by atoms with Crippen LogP contribution in [0.15, 0.2) is 0 Å².